The SMILES string of the molecule is Cc1ccc(C)c(CN(C)CC(=O)N2CCOCC2)c1. The van der Waals surface area contributed by atoms with Gasteiger partial charge < -0.3 is 9.64 Å². The van der Waals surface area contributed by atoms with Gasteiger partial charge in [-0.15, -0.1) is 0 Å². The molecule has 0 aromatic heterocycles. The van der Waals surface area contributed by atoms with Gasteiger partial charge in [0.15, 0.2) is 0 Å². The van der Waals surface area contributed by atoms with Gasteiger partial charge in [-0.2, -0.15) is 0 Å². The first-order valence-electron chi connectivity index (χ1n) is 7.16. The number of nitrogens with zero attached hydrogens (tertiary/aromatic N) is 2. The summed E-state index contributed by atoms with van der Waals surface area (Å²) in [6.07, 6.45) is 0. The summed E-state index contributed by atoms with van der Waals surface area (Å²) in [6, 6.07) is 6.46. The fraction of sp³-hybridized carbons (Fsp3) is 0.562. The lowest BCUT2D eigenvalue weighted by atomic mass is 10.1. The number of ether oxygens (including phenoxy) is 1. The van der Waals surface area contributed by atoms with Crippen LogP contribution >= 0.6 is 0 Å². The number of likely N-dealkylation sites (N-methyl/N-ethyl adjacent to an activating group) is 1. The van der Waals surface area contributed by atoms with E-state index in [1.54, 1.807) is 0 Å². The number of rotatable bonds is 4. The maximum absolute atomic E-state index is 12.2. The highest BCUT2D eigenvalue weighted by atomic mass is 16.5. The highest BCUT2D eigenvalue weighted by Gasteiger charge is 2.18. The summed E-state index contributed by atoms with van der Waals surface area (Å²) >= 11 is 0. The van der Waals surface area contributed by atoms with Gasteiger partial charge in [0.05, 0.1) is 19.8 Å². The van der Waals surface area contributed by atoms with E-state index in [1.807, 2.05) is 11.9 Å². The van der Waals surface area contributed by atoms with Crippen molar-refractivity contribution in [2.24, 2.45) is 0 Å². The predicted octanol–water partition coefficient (Wildman–Crippen LogP) is 1.59. The molecule has 0 bridgehead atoms. The van der Waals surface area contributed by atoms with E-state index in [0.29, 0.717) is 19.8 Å². The molecule has 2 rings (SSSR count). The molecule has 1 heterocycles. The second-order valence-corrected chi connectivity index (χ2v) is 5.60. The molecule has 4 nitrogen and oxygen atoms in total. The van der Waals surface area contributed by atoms with Gasteiger partial charge in [-0.05, 0) is 32.0 Å². The number of aryl methyl sites for hydroxylation is 2. The van der Waals surface area contributed by atoms with Crippen LogP contribution < -0.4 is 0 Å². The number of hydrogen-bond donors (Lipinski definition) is 0. The Morgan fingerprint density at radius 1 is 1.30 bits per heavy atom. The first-order valence-corrected chi connectivity index (χ1v) is 7.16. The van der Waals surface area contributed by atoms with Crippen molar-refractivity contribution in [3.8, 4) is 0 Å². The van der Waals surface area contributed by atoms with Gasteiger partial charge in [-0.3, -0.25) is 9.69 Å². The summed E-state index contributed by atoms with van der Waals surface area (Å²) in [5, 5.41) is 0. The van der Waals surface area contributed by atoms with E-state index in [-0.39, 0.29) is 5.91 Å². The van der Waals surface area contributed by atoms with Crippen LogP contribution in [0.3, 0.4) is 0 Å². The zero-order valence-electron chi connectivity index (χ0n) is 12.7. The average Bonchev–Trinajstić information content (AvgIpc) is 2.43. The molecule has 0 spiro atoms. The molecule has 110 valence electrons. The fourth-order valence-corrected chi connectivity index (χ4v) is 2.46. The zero-order valence-corrected chi connectivity index (χ0v) is 12.7. The largest absolute Gasteiger partial charge is 0.378 e. The molecule has 0 N–H and O–H groups in total. The van der Waals surface area contributed by atoms with Crippen molar-refractivity contribution in [2.45, 2.75) is 20.4 Å². The second-order valence-electron chi connectivity index (χ2n) is 5.60. The van der Waals surface area contributed by atoms with Gasteiger partial charge in [-0.1, -0.05) is 23.8 Å². The van der Waals surface area contributed by atoms with Crippen LogP contribution in [0.2, 0.25) is 0 Å². The molecule has 1 fully saturated rings. The van der Waals surface area contributed by atoms with Crippen LogP contribution in [0.4, 0.5) is 0 Å². The molecule has 0 saturated carbocycles. The molecule has 0 atom stereocenters. The van der Waals surface area contributed by atoms with Gasteiger partial charge in [0.1, 0.15) is 0 Å². The molecule has 4 heteroatoms. The number of carbonyl (C=O) groups is 1. The molecule has 1 aliphatic rings. The van der Waals surface area contributed by atoms with E-state index in [2.05, 4.69) is 36.9 Å². The number of benzene rings is 1. The first kappa shape index (κ1) is 15.0. The number of amides is 1. The van der Waals surface area contributed by atoms with Crippen LogP contribution in [0.5, 0.6) is 0 Å². The van der Waals surface area contributed by atoms with Crippen LogP contribution in [0, 0.1) is 13.8 Å². The maximum Gasteiger partial charge on any atom is 0.236 e. The predicted molar refractivity (Wildman–Crippen MR) is 79.6 cm³/mol. The highest BCUT2D eigenvalue weighted by Crippen LogP contribution is 2.12. The van der Waals surface area contributed by atoms with E-state index in [1.165, 1.54) is 16.7 Å². The maximum atomic E-state index is 12.2. The van der Waals surface area contributed by atoms with Crippen molar-refractivity contribution in [3.63, 3.8) is 0 Å². The molecule has 20 heavy (non-hydrogen) atoms. The average molecular weight is 276 g/mol. The lowest BCUT2D eigenvalue weighted by Gasteiger charge is -2.29. The Morgan fingerprint density at radius 2 is 2.00 bits per heavy atom. The quantitative estimate of drug-likeness (QED) is 0.837. The van der Waals surface area contributed by atoms with E-state index in [4.69, 9.17) is 4.74 Å². The molecule has 1 aliphatic heterocycles. The van der Waals surface area contributed by atoms with E-state index in [0.717, 1.165) is 19.6 Å². The Bertz CT molecular complexity index is 468. The molecule has 0 radical (unpaired) electrons. The number of hydrogen-bond acceptors (Lipinski definition) is 3. The van der Waals surface area contributed by atoms with Gasteiger partial charge >= 0.3 is 0 Å². The Kier molecular flexibility index (Phi) is 5.15. The number of carbonyl (C=O) groups excluding carboxylic acids is 1. The third-order valence-corrected chi connectivity index (χ3v) is 3.71. The van der Waals surface area contributed by atoms with Gasteiger partial charge in [0, 0.05) is 19.6 Å². The van der Waals surface area contributed by atoms with Crippen molar-refractivity contribution in [1.29, 1.82) is 0 Å². The lowest BCUT2D eigenvalue weighted by Crippen LogP contribution is -2.44. The molecule has 1 aromatic rings. The molecular weight excluding hydrogens is 252 g/mol. The highest BCUT2D eigenvalue weighted by molar-refractivity contribution is 5.78. The Hall–Kier alpha value is -1.39. The van der Waals surface area contributed by atoms with E-state index < -0.39 is 0 Å². The third-order valence-electron chi connectivity index (χ3n) is 3.71. The Morgan fingerprint density at radius 3 is 2.70 bits per heavy atom. The van der Waals surface area contributed by atoms with Gasteiger partial charge in [-0.25, -0.2) is 0 Å². The fourth-order valence-electron chi connectivity index (χ4n) is 2.46. The molecule has 0 unspecified atom stereocenters. The zero-order chi connectivity index (χ0) is 14.5. The van der Waals surface area contributed by atoms with Crippen LogP contribution in [0.1, 0.15) is 16.7 Å². The minimum absolute atomic E-state index is 0.195. The van der Waals surface area contributed by atoms with Gasteiger partial charge in [0.2, 0.25) is 5.91 Å². The molecule has 1 saturated heterocycles. The third kappa shape index (κ3) is 4.05. The summed E-state index contributed by atoms with van der Waals surface area (Å²) in [5.41, 5.74) is 3.84. The van der Waals surface area contributed by atoms with Crippen LogP contribution in [0.15, 0.2) is 18.2 Å². The number of morpholine rings is 1. The first-order chi connectivity index (χ1) is 9.56. The van der Waals surface area contributed by atoms with E-state index in [9.17, 15) is 4.79 Å². The summed E-state index contributed by atoms with van der Waals surface area (Å²) in [5.74, 6) is 0.195. The summed E-state index contributed by atoms with van der Waals surface area (Å²) < 4.78 is 5.27. The van der Waals surface area contributed by atoms with E-state index >= 15 is 0 Å². The standard InChI is InChI=1S/C16H24N2O2/c1-13-4-5-14(2)15(10-13)11-17(3)12-16(19)18-6-8-20-9-7-18/h4-5,10H,6-9,11-12H2,1-3H3. The monoisotopic (exact) mass is 276 g/mol. The lowest BCUT2D eigenvalue weighted by molar-refractivity contribution is -0.136. The van der Waals surface area contributed by atoms with Crippen molar-refractivity contribution < 1.29 is 9.53 Å². The van der Waals surface area contributed by atoms with Gasteiger partial charge in [0.25, 0.3) is 0 Å². The second kappa shape index (κ2) is 6.86. The molecule has 1 amide bonds. The Labute approximate surface area is 121 Å². The normalized spacial score (nSPS) is 15.7. The van der Waals surface area contributed by atoms with Crippen molar-refractivity contribution >= 4 is 5.91 Å². The Balaban J connectivity index is 1.89. The van der Waals surface area contributed by atoms with Crippen LogP contribution in [-0.4, -0.2) is 55.6 Å². The minimum Gasteiger partial charge on any atom is -0.378 e. The topological polar surface area (TPSA) is 32.8 Å². The smallest absolute Gasteiger partial charge is 0.236 e. The molecular formula is C16H24N2O2. The molecule has 0 aliphatic carbocycles. The van der Waals surface area contributed by atoms with Crippen LogP contribution in [0.25, 0.3) is 0 Å². The minimum atomic E-state index is 0.195. The molecule has 1 aromatic carbocycles. The summed E-state index contributed by atoms with van der Waals surface area (Å²) in [7, 11) is 2.00. The van der Waals surface area contributed by atoms with Crippen molar-refractivity contribution in [2.75, 3.05) is 39.9 Å². The van der Waals surface area contributed by atoms with Crippen molar-refractivity contribution in [1.82, 2.24) is 9.80 Å². The summed E-state index contributed by atoms with van der Waals surface area (Å²) in [6.45, 7) is 8.25. The van der Waals surface area contributed by atoms with Crippen LogP contribution in [-0.2, 0) is 16.1 Å². The summed E-state index contributed by atoms with van der Waals surface area (Å²) in [4.78, 5) is 16.2. The van der Waals surface area contributed by atoms with Crippen molar-refractivity contribution in [3.05, 3.63) is 34.9 Å².